The minimum atomic E-state index is -1.19. The largest absolute Gasteiger partial charge is 0.463 e. The van der Waals surface area contributed by atoms with Crippen molar-refractivity contribution in [2.24, 2.45) is 5.92 Å². The molecule has 5 nitrogen and oxygen atoms in total. The third-order valence-corrected chi connectivity index (χ3v) is 3.11. The summed E-state index contributed by atoms with van der Waals surface area (Å²) in [6.07, 6.45) is 2.40. The van der Waals surface area contributed by atoms with Gasteiger partial charge in [0.05, 0.1) is 6.54 Å². The topological polar surface area (TPSA) is 74.5 Å². The number of carbonyl (C=O) groups is 1. The van der Waals surface area contributed by atoms with Crippen molar-refractivity contribution in [3.05, 3.63) is 23.7 Å². The van der Waals surface area contributed by atoms with E-state index < -0.39 is 5.60 Å². The molecule has 1 aromatic heterocycles. The van der Waals surface area contributed by atoms with Crippen LogP contribution in [0.1, 0.15) is 31.3 Å². The van der Waals surface area contributed by atoms with Gasteiger partial charge < -0.3 is 20.2 Å². The predicted octanol–water partition coefficient (Wildman–Crippen LogP) is 1.50. The Morgan fingerprint density at radius 3 is 2.78 bits per heavy atom. The summed E-state index contributed by atoms with van der Waals surface area (Å²) >= 11 is 0. The summed E-state index contributed by atoms with van der Waals surface area (Å²) in [4.78, 5) is 11.5. The lowest BCUT2D eigenvalue weighted by atomic mass is 10.0. The molecule has 1 atom stereocenters. The lowest BCUT2D eigenvalue weighted by Gasteiger charge is -2.21. The van der Waals surface area contributed by atoms with Gasteiger partial charge in [0.2, 0.25) is 0 Å². The van der Waals surface area contributed by atoms with Gasteiger partial charge in [-0.2, -0.15) is 0 Å². The lowest BCUT2D eigenvalue weighted by molar-refractivity contribution is 0.0360. The zero-order chi connectivity index (χ0) is 13.2. The van der Waals surface area contributed by atoms with Crippen LogP contribution in [0.5, 0.6) is 0 Å². The third kappa shape index (κ3) is 3.50. The molecule has 0 aromatic carbocycles. The quantitative estimate of drug-likeness (QED) is 0.743. The Labute approximate surface area is 107 Å². The average Bonchev–Trinajstić information content (AvgIpc) is 3.04. The Morgan fingerprint density at radius 2 is 2.22 bits per heavy atom. The second-order valence-electron chi connectivity index (χ2n) is 5.19. The van der Waals surface area contributed by atoms with E-state index in [1.807, 2.05) is 6.92 Å². The number of aryl methyl sites for hydroxylation is 1. The Kier molecular flexibility index (Phi) is 3.61. The van der Waals surface area contributed by atoms with Crippen molar-refractivity contribution in [2.45, 2.75) is 32.3 Å². The standard InChI is InChI=1S/C13H20N2O3/c1-9-3-6-11(18-9)13(2,17)8-15-12(16)14-7-10-4-5-10/h3,6,10,17H,4-5,7-8H2,1-2H3,(H2,14,15,16). The first-order valence-corrected chi connectivity index (χ1v) is 6.28. The summed E-state index contributed by atoms with van der Waals surface area (Å²) in [6.45, 7) is 4.27. The van der Waals surface area contributed by atoms with E-state index in [2.05, 4.69) is 10.6 Å². The SMILES string of the molecule is Cc1ccc(C(C)(O)CNC(=O)NCC2CC2)o1. The van der Waals surface area contributed by atoms with Gasteiger partial charge in [-0.3, -0.25) is 0 Å². The number of hydrogen-bond donors (Lipinski definition) is 3. The van der Waals surface area contributed by atoms with E-state index >= 15 is 0 Å². The van der Waals surface area contributed by atoms with Crippen molar-refractivity contribution < 1.29 is 14.3 Å². The van der Waals surface area contributed by atoms with Crippen molar-refractivity contribution in [1.82, 2.24) is 10.6 Å². The molecule has 1 unspecified atom stereocenters. The maximum absolute atomic E-state index is 11.5. The molecule has 3 N–H and O–H groups in total. The van der Waals surface area contributed by atoms with Crippen LogP contribution in [0.2, 0.25) is 0 Å². The van der Waals surface area contributed by atoms with Crippen LogP contribution in [0.4, 0.5) is 4.79 Å². The fraction of sp³-hybridized carbons (Fsp3) is 0.615. The van der Waals surface area contributed by atoms with Gasteiger partial charge in [0.15, 0.2) is 0 Å². The van der Waals surface area contributed by atoms with Gasteiger partial charge in [-0.1, -0.05) is 0 Å². The summed E-state index contributed by atoms with van der Waals surface area (Å²) in [5.41, 5.74) is -1.19. The summed E-state index contributed by atoms with van der Waals surface area (Å²) in [6, 6.07) is 3.27. The smallest absolute Gasteiger partial charge is 0.314 e. The van der Waals surface area contributed by atoms with E-state index in [1.54, 1.807) is 19.1 Å². The van der Waals surface area contributed by atoms with E-state index in [-0.39, 0.29) is 12.6 Å². The van der Waals surface area contributed by atoms with Crippen LogP contribution in [0.3, 0.4) is 0 Å². The molecule has 0 radical (unpaired) electrons. The molecule has 1 aliphatic carbocycles. The molecular formula is C13H20N2O3. The molecule has 0 spiro atoms. The van der Waals surface area contributed by atoms with Gasteiger partial charge in [-0.05, 0) is 44.7 Å². The zero-order valence-corrected chi connectivity index (χ0v) is 10.8. The Balaban J connectivity index is 1.78. The van der Waals surface area contributed by atoms with Crippen LogP contribution in [-0.4, -0.2) is 24.2 Å². The van der Waals surface area contributed by atoms with E-state index in [4.69, 9.17) is 4.42 Å². The number of urea groups is 1. The monoisotopic (exact) mass is 252 g/mol. The van der Waals surface area contributed by atoms with Gasteiger partial charge in [-0.15, -0.1) is 0 Å². The minimum Gasteiger partial charge on any atom is -0.463 e. The molecule has 1 aromatic rings. The Hall–Kier alpha value is -1.49. The molecule has 0 saturated heterocycles. The molecule has 1 saturated carbocycles. The molecule has 1 aliphatic rings. The highest BCUT2D eigenvalue weighted by atomic mass is 16.4. The van der Waals surface area contributed by atoms with Crippen molar-refractivity contribution in [1.29, 1.82) is 0 Å². The van der Waals surface area contributed by atoms with Gasteiger partial charge in [0.25, 0.3) is 0 Å². The highest BCUT2D eigenvalue weighted by Crippen LogP contribution is 2.27. The average molecular weight is 252 g/mol. The highest BCUT2D eigenvalue weighted by molar-refractivity contribution is 5.73. The molecule has 5 heteroatoms. The van der Waals surface area contributed by atoms with Gasteiger partial charge in [0.1, 0.15) is 17.1 Å². The first-order chi connectivity index (χ1) is 8.47. The number of furan rings is 1. The van der Waals surface area contributed by atoms with Crippen molar-refractivity contribution in [3.63, 3.8) is 0 Å². The van der Waals surface area contributed by atoms with Crippen LogP contribution in [0.25, 0.3) is 0 Å². The van der Waals surface area contributed by atoms with Crippen molar-refractivity contribution in [3.8, 4) is 0 Å². The van der Waals surface area contributed by atoms with Crippen LogP contribution in [-0.2, 0) is 5.60 Å². The first kappa shape index (κ1) is 13.0. The minimum absolute atomic E-state index is 0.121. The van der Waals surface area contributed by atoms with Crippen LogP contribution < -0.4 is 10.6 Å². The number of hydrogen-bond acceptors (Lipinski definition) is 3. The van der Waals surface area contributed by atoms with E-state index in [1.165, 1.54) is 12.8 Å². The highest BCUT2D eigenvalue weighted by Gasteiger charge is 2.28. The maximum atomic E-state index is 11.5. The van der Waals surface area contributed by atoms with Gasteiger partial charge in [-0.25, -0.2) is 4.79 Å². The van der Waals surface area contributed by atoms with Gasteiger partial charge in [0, 0.05) is 6.54 Å². The van der Waals surface area contributed by atoms with E-state index in [9.17, 15) is 9.90 Å². The Bertz CT molecular complexity index is 422. The Morgan fingerprint density at radius 1 is 1.50 bits per heavy atom. The zero-order valence-electron chi connectivity index (χ0n) is 10.8. The van der Waals surface area contributed by atoms with Crippen molar-refractivity contribution in [2.75, 3.05) is 13.1 Å². The number of amides is 2. The summed E-state index contributed by atoms with van der Waals surface area (Å²) in [7, 11) is 0. The molecule has 100 valence electrons. The predicted molar refractivity (Wildman–Crippen MR) is 67.1 cm³/mol. The fourth-order valence-electron chi connectivity index (χ4n) is 1.69. The molecule has 1 fully saturated rings. The van der Waals surface area contributed by atoms with Gasteiger partial charge >= 0.3 is 6.03 Å². The first-order valence-electron chi connectivity index (χ1n) is 6.28. The normalized spacial score (nSPS) is 18.2. The number of rotatable bonds is 5. The summed E-state index contributed by atoms with van der Waals surface area (Å²) < 4.78 is 5.37. The molecule has 2 rings (SSSR count). The number of aliphatic hydroxyl groups is 1. The maximum Gasteiger partial charge on any atom is 0.314 e. The van der Waals surface area contributed by atoms with Crippen molar-refractivity contribution >= 4 is 6.03 Å². The molecule has 2 amide bonds. The molecular weight excluding hydrogens is 232 g/mol. The van der Waals surface area contributed by atoms with Crippen LogP contribution >= 0.6 is 0 Å². The van der Waals surface area contributed by atoms with Crippen LogP contribution in [0, 0.1) is 12.8 Å². The fourth-order valence-corrected chi connectivity index (χ4v) is 1.69. The summed E-state index contributed by atoms with van der Waals surface area (Å²) in [5.74, 6) is 1.84. The number of carbonyl (C=O) groups excluding carboxylic acids is 1. The van der Waals surface area contributed by atoms with E-state index in [0.717, 1.165) is 5.76 Å². The molecule has 0 aliphatic heterocycles. The third-order valence-electron chi connectivity index (χ3n) is 3.11. The van der Waals surface area contributed by atoms with Crippen LogP contribution in [0.15, 0.2) is 16.5 Å². The molecule has 18 heavy (non-hydrogen) atoms. The van der Waals surface area contributed by atoms with E-state index in [0.29, 0.717) is 18.2 Å². The molecule has 0 bridgehead atoms. The second kappa shape index (κ2) is 5.02. The second-order valence-corrected chi connectivity index (χ2v) is 5.19. The number of nitrogens with one attached hydrogen (secondary N) is 2. The molecule has 1 heterocycles. The summed E-state index contributed by atoms with van der Waals surface area (Å²) in [5, 5.41) is 15.6. The lowest BCUT2D eigenvalue weighted by Crippen LogP contribution is -2.43.